The van der Waals surface area contributed by atoms with Gasteiger partial charge in [-0.25, -0.2) is 8.78 Å². The number of fused-ring (bicyclic) bond motifs is 1. The fraction of sp³-hybridized carbons (Fsp3) is 0.400. The number of rotatable bonds is 7. The summed E-state index contributed by atoms with van der Waals surface area (Å²) in [5, 5.41) is 10.3. The quantitative estimate of drug-likeness (QED) is 0.382. The van der Waals surface area contributed by atoms with Crippen LogP contribution in [0.5, 0.6) is 5.75 Å². The predicted octanol–water partition coefficient (Wildman–Crippen LogP) is 6.83. The van der Waals surface area contributed by atoms with Crippen LogP contribution in [0.15, 0.2) is 54.6 Å². The number of hydrogen-bond acceptors (Lipinski definition) is 4. The maximum atomic E-state index is 13.7. The van der Waals surface area contributed by atoms with Crippen LogP contribution in [0.3, 0.4) is 0 Å². The van der Waals surface area contributed by atoms with E-state index in [1.165, 1.54) is 6.42 Å². The van der Waals surface area contributed by atoms with Gasteiger partial charge >= 0.3 is 0 Å². The summed E-state index contributed by atoms with van der Waals surface area (Å²) < 4.78 is 31.4. The Morgan fingerprint density at radius 1 is 1.05 bits per heavy atom. The second-order valence-corrected chi connectivity index (χ2v) is 10.5. The molecule has 5 rings (SSSR count). The molecule has 5 nitrogen and oxygen atoms in total. The van der Waals surface area contributed by atoms with E-state index >= 15 is 0 Å². The molecule has 1 amide bonds. The van der Waals surface area contributed by atoms with Crippen LogP contribution in [0.2, 0.25) is 0 Å². The molecule has 0 saturated heterocycles. The van der Waals surface area contributed by atoms with Gasteiger partial charge < -0.3 is 14.7 Å². The van der Waals surface area contributed by atoms with Crippen LogP contribution >= 0.6 is 0 Å². The molecule has 0 bridgehead atoms. The molecule has 0 radical (unpaired) electrons. The number of anilines is 1. The number of aliphatic hydroxyl groups is 1. The Morgan fingerprint density at radius 3 is 2.43 bits per heavy atom. The minimum absolute atomic E-state index is 0.113. The van der Waals surface area contributed by atoms with Gasteiger partial charge in [0.25, 0.3) is 12.3 Å². The van der Waals surface area contributed by atoms with Crippen molar-refractivity contribution in [3.8, 4) is 17.0 Å². The Labute approximate surface area is 216 Å². The van der Waals surface area contributed by atoms with Gasteiger partial charge in [0.15, 0.2) is 0 Å². The first-order chi connectivity index (χ1) is 17.7. The highest BCUT2D eigenvalue weighted by Gasteiger charge is 2.34. The first kappa shape index (κ1) is 25.3. The standard InChI is InChI=1S/C30H32F2N2O3/c1-30(2,36)20-12-14-21(15-13-20)34-17-24-23(29(34)35)16-25(19-8-4-3-5-9-19)33-28(24)22-10-6-7-11-26(22)37-18-27(31)32/h6-7,10-16,19,27,36H,3-5,8-9,17-18H2,1-2H3. The third-order valence-corrected chi connectivity index (χ3v) is 7.35. The zero-order valence-corrected chi connectivity index (χ0v) is 21.2. The highest BCUT2D eigenvalue weighted by molar-refractivity contribution is 6.11. The second-order valence-electron chi connectivity index (χ2n) is 10.5. The monoisotopic (exact) mass is 506 g/mol. The Kier molecular flexibility index (Phi) is 6.99. The maximum absolute atomic E-state index is 13.7. The number of benzene rings is 2. The van der Waals surface area contributed by atoms with Crippen LogP contribution < -0.4 is 9.64 Å². The van der Waals surface area contributed by atoms with Crippen LogP contribution in [-0.2, 0) is 12.1 Å². The van der Waals surface area contributed by atoms with Gasteiger partial charge in [-0.1, -0.05) is 43.5 Å². The average molecular weight is 507 g/mol. The first-order valence-corrected chi connectivity index (χ1v) is 12.9. The van der Waals surface area contributed by atoms with Crippen molar-refractivity contribution in [2.45, 2.75) is 70.4 Å². The minimum atomic E-state index is -2.59. The molecule has 0 atom stereocenters. The third-order valence-electron chi connectivity index (χ3n) is 7.35. The molecule has 2 aliphatic rings. The van der Waals surface area contributed by atoms with E-state index in [0.717, 1.165) is 48.2 Å². The highest BCUT2D eigenvalue weighted by Crippen LogP contribution is 2.41. The number of nitrogens with zero attached hydrogens (tertiary/aromatic N) is 2. The molecule has 0 unspecified atom stereocenters. The van der Waals surface area contributed by atoms with E-state index < -0.39 is 18.6 Å². The molecule has 37 heavy (non-hydrogen) atoms. The summed E-state index contributed by atoms with van der Waals surface area (Å²) in [6, 6.07) is 16.3. The summed E-state index contributed by atoms with van der Waals surface area (Å²) in [6.07, 6.45) is 2.90. The SMILES string of the molecule is CC(C)(O)c1ccc(N2Cc3c(cc(C4CCCCC4)nc3-c3ccccc3OCC(F)F)C2=O)cc1. The van der Waals surface area contributed by atoms with Crippen molar-refractivity contribution in [2.24, 2.45) is 0 Å². The van der Waals surface area contributed by atoms with Crippen molar-refractivity contribution in [1.82, 2.24) is 4.98 Å². The normalized spacial score (nSPS) is 16.4. The van der Waals surface area contributed by atoms with Gasteiger partial charge in [-0.2, -0.15) is 0 Å². The van der Waals surface area contributed by atoms with Gasteiger partial charge in [-0.15, -0.1) is 0 Å². The van der Waals surface area contributed by atoms with E-state index in [9.17, 15) is 18.7 Å². The summed E-state index contributed by atoms with van der Waals surface area (Å²) in [5.74, 6) is 0.483. The fourth-order valence-electron chi connectivity index (χ4n) is 5.35. The van der Waals surface area contributed by atoms with Crippen LogP contribution in [-0.4, -0.2) is 29.0 Å². The Hall–Kier alpha value is -3.32. The van der Waals surface area contributed by atoms with E-state index in [1.807, 2.05) is 42.5 Å². The Balaban J connectivity index is 1.58. The summed E-state index contributed by atoms with van der Waals surface area (Å²) in [6.45, 7) is 3.04. The number of pyridine rings is 1. The van der Waals surface area contributed by atoms with Gasteiger partial charge in [-0.05, 0) is 62.6 Å². The molecule has 1 aliphatic carbocycles. The molecule has 3 aromatic rings. The summed E-state index contributed by atoms with van der Waals surface area (Å²) >= 11 is 0. The molecule has 7 heteroatoms. The molecule has 1 aromatic heterocycles. The van der Waals surface area contributed by atoms with Crippen LogP contribution in [0.1, 0.15) is 79.0 Å². The van der Waals surface area contributed by atoms with Gasteiger partial charge in [0.1, 0.15) is 12.4 Å². The van der Waals surface area contributed by atoms with Crippen molar-refractivity contribution in [1.29, 1.82) is 0 Å². The number of para-hydroxylation sites is 1. The van der Waals surface area contributed by atoms with Gasteiger partial charge in [0.05, 0.1) is 17.8 Å². The maximum Gasteiger partial charge on any atom is 0.272 e. The second kappa shape index (κ2) is 10.2. The van der Waals surface area contributed by atoms with Crippen molar-refractivity contribution in [3.63, 3.8) is 0 Å². The molecule has 1 N–H and O–H groups in total. The van der Waals surface area contributed by atoms with Crippen LogP contribution in [0, 0.1) is 0 Å². The molecule has 2 heterocycles. The van der Waals surface area contributed by atoms with E-state index in [0.29, 0.717) is 29.1 Å². The third kappa shape index (κ3) is 5.23. The largest absolute Gasteiger partial charge is 0.487 e. The van der Waals surface area contributed by atoms with Gasteiger partial charge in [-0.3, -0.25) is 9.78 Å². The van der Waals surface area contributed by atoms with E-state index in [4.69, 9.17) is 9.72 Å². The molecule has 0 spiro atoms. The Morgan fingerprint density at radius 2 is 1.76 bits per heavy atom. The number of halogens is 2. The Bertz CT molecular complexity index is 1280. The number of hydrogen-bond donors (Lipinski definition) is 1. The van der Waals surface area contributed by atoms with Crippen LogP contribution in [0.25, 0.3) is 11.3 Å². The molecule has 2 aromatic carbocycles. The molecular formula is C30H32F2N2O3. The predicted molar refractivity (Wildman–Crippen MR) is 139 cm³/mol. The average Bonchev–Trinajstić information content (AvgIpc) is 3.23. The molecule has 1 saturated carbocycles. The number of carbonyl (C=O) groups is 1. The van der Waals surface area contributed by atoms with E-state index in [1.54, 1.807) is 30.9 Å². The highest BCUT2D eigenvalue weighted by atomic mass is 19.3. The summed E-state index contributed by atoms with van der Waals surface area (Å²) in [4.78, 5) is 20.5. The summed E-state index contributed by atoms with van der Waals surface area (Å²) in [7, 11) is 0. The number of carbonyl (C=O) groups excluding carboxylic acids is 1. The van der Waals surface area contributed by atoms with E-state index in [-0.39, 0.29) is 11.8 Å². The number of amides is 1. The smallest absolute Gasteiger partial charge is 0.272 e. The molecule has 1 aliphatic heterocycles. The lowest BCUT2D eigenvalue weighted by Crippen LogP contribution is -2.23. The molecular weight excluding hydrogens is 474 g/mol. The minimum Gasteiger partial charge on any atom is -0.487 e. The van der Waals surface area contributed by atoms with Gasteiger partial charge in [0.2, 0.25) is 0 Å². The number of alkyl halides is 2. The molecule has 1 fully saturated rings. The number of aromatic nitrogens is 1. The zero-order chi connectivity index (χ0) is 26.2. The topological polar surface area (TPSA) is 62.7 Å². The van der Waals surface area contributed by atoms with Gasteiger partial charge in [0, 0.05) is 34.0 Å². The van der Waals surface area contributed by atoms with Crippen molar-refractivity contribution in [3.05, 3.63) is 77.0 Å². The molecule has 194 valence electrons. The lowest BCUT2D eigenvalue weighted by atomic mass is 9.85. The number of ether oxygens (including phenoxy) is 1. The lowest BCUT2D eigenvalue weighted by Gasteiger charge is -2.23. The first-order valence-electron chi connectivity index (χ1n) is 12.9. The van der Waals surface area contributed by atoms with Crippen molar-refractivity contribution < 1.29 is 23.4 Å². The van der Waals surface area contributed by atoms with Crippen LogP contribution in [0.4, 0.5) is 14.5 Å². The fourth-order valence-corrected chi connectivity index (χ4v) is 5.35. The van der Waals surface area contributed by atoms with E-state index in [2.05, 4.69) is 0 Å². The van der Waals surface area contributed by atoms with Crippen molar-refractivity contribution >= 4 is 11.6 Å². The van der Waals surface area contributed by atoms with Crippen molar-refractivity contribution in [2.75, 3.05) is 11.5 Å². The zero-order valence-electron chi connectivity index (χ0n) is 21.2. The summed E-state index contributed by atoms with van der Waals surface area (Å²) in [5.41, 5.74) is 3.98. The lowest BCUT2D eigenvalue weighted by molar-refractivity contribution is 0.0786.